The lowest BCUT2D eigenvalue weighted by atomic mass is 10.2. The van der Waals surface area contributed by atoms with E-state index in [0.29, 0.717) is 37.7 Å². The van der Waals surface area contributed by atoms with Gasteiger partial charge < -0.3 is 15.2 Å². The number of nitriles is 1. The fourth-order valence-electron chi connectivity index (χ4n) is 1.62. The zero-order valence-electron chi connectivity index (χ0n) is 11.1. The molecule has 19 heavy (non-hydrogen) atoms. The number of nitrogens with zero attached hydrogens (tertiary/aromatic N) is 1. The van der Waals surface area contributed by atoms with Gasteiger partial charge in [0.2, 0.25) is 0 Å². The van der Waals surface area contributed by atoms with Gasteiger partial charge in [0.25, 0.3) is 0 Å². The van der Waals surface area contributed by atoms with Gasteiger partial charge in [-0.15, -0.1) is 0 Å². The molecule has 0 aliphatic rings. The maximum atomic E-state index is 8.47. The minimum absolute atomic E-state index is 0.459. The van der Waals surface area contributed by atoms with Crippen LogP contribution in [0, 0.1) is 11.3 Å². The SMILES string of the molecule is CCOc1cc(CN)cc(Br)c1OCCCCC#N. The first-order chi connectivity index (χ1) is 9.22. The van der Waals surface area contributed by atoms with Crippen LogP contribution < -0.4 is 15.2 Å². The van der Waals surface area contributed by atoms with Crippen molar-refractivity contribution in [2.75, 3.05) is 13.2 Å². The number of unbranched alkanes of at least 4 members (excludes halogenated alkanes) is 2. The number of ether oxygens (including phenoxy) is 2. The summed E-state index contributed by atoms with van der Waals surface area (Å²) >= 11 is 3.48. The van der Waals surface area contributed by atoms with Crippen LogP contribution in [0.5, 0.6) is 11.5 Å². The number of nitrogens with two attached hydrogens (primary N) is 1. The number of hydrogen-bond acceptors (Lipinski definition) is 4. The predicted molar refractivity (Wildman–Crippen MR) is 78.2 cm³/mol. The molecule has 0 atom stereocenters. The van der Waals surface area contributed by atoms with E-state index in [-0.39, 0.29) is 0 Å². The number of benzene rings is 1. The Morgan fingerprint density at radius 2 is 2.11 bits per heavy atom. The molecule has 0 amide bonds. The standard InChI is InChI=1S/C14H19BrN2O2/c1-2-18-13-9-11(10-17)8-12(15)14(13)19-7-5-3-4-6-16/h8-9H,2-5,7,10,17H2,1H3. The summed E-state index contributed by atoms with van der Waals surface area (Å²) in [6.45, 7) is 3.54. The Morgan fingerprint density at radius 3 is 2.74 bits per heavy atom. The van der Waals surface area contributed by atoms with Gasteiger partial charge in [0.15, 0.2) is 11.5 Å². The van der Waals surface area contributed by atoms with Gasteiger partial charge in [0.05, 0.1) is 23.8 Å². The topological polar surface area (TPSA) is 68.3 Å². The molecule has 0 spiro atoms. The summed E-state index contributed by atoms with van der Waals surface area (Å²) in [4.78, 5) is 0. The smallest absolute Gasteiger partial charge is 0.175 e. The molecule has 0 aliphatic carbocycles. The van der Waals surface area contributed by atoms with Crippen molar-refractivity contribution < 1.29 is 9.47 Å². The molecule has 0 fully saturated rings. The van der Waals surface area contributed by atoms with E-state index in [1.165, 1.54) is 0 Å². The van der Waals surface area contributed by atoms with Crippen molar-refractivity contribution in [3.63, 3.8) is 0 Å². The Bertz CT molecular complexity index is 444. The van der Waals surface area contributed by atoms with E-state index in [0.717, 1.165) is 22.9 Å². The van der Waals surface area contributed by atoms with E-state index in [1.54, 1.807) is 0 Å². The van der Waals surface area contributed by atoms with Crippen LogP contribution in [0.4, 0.5) is 0 Å². The highest BCUT2D eigenvalue weighted by Gasteiger charge is 2.11. The Labute approximate surface area is 122 Å². The molecule has 0 unspecified atom stereocenters. The van der Waals surface area contributed by atoms with Crippen molar-refractivity contribution in [1.82, 2.24) is 0 Å². The molecule has 0 saturated carbocycles. The summed E-state index contributed by atoms with van der Waals surface area (Å²) in [5, 5.41) is 8.47. The first kappa shape index (κ1) is 15.8. The highest BCUT2D eigenvalue weighted by Crippen LogP contribution is 2.37. The maximum Gasteiger partial charge on any atom is 0.175 e. The lowest BCUT2D eigenvalue weighted by molar-refractivity contribution is 0.270. The molecular formula is C14H19BrN2O2. The van der Waals surface area contributed by atoms with E-state index in [1.807, 2.05) is 19.1 Å². The molecule has 0 heterocycles. The Morgan fingerprint density at radius 1 is 1.32 bits per heavy atom. The zero-order chi connectivity index (χ0) is 14.1. The van der Waals surface area contributed by atoms with Gasteiger partial charge in [-0.25, -0.2) is 0 Å². The van der Waals surface area contributed by atoms with Gasteiger partial charge in [-0.05, 0) is 53.4 Å². The van der Waals surface area contributed by atoms with Crippen molar-refractivity contribution in [2.45, 2.75) is 32.7 Å². The third-order valence-electron chi connectivity index (χ3n) is 2.53. The van der Waals surface area contributed by atoms with Gasteiger partial charge >= 0.3 is 0 Å². The first-order valence-corrected chi connectivity index (χ1v) is 7.17. The van der Waals surface area contributed by atoms with Gasteiger partial charge in [-0.3, -0.25) is 0 Å². The zero-order valence-corrected chi connectivity index (χ0v) is 12.7. The number of hydrogen-bond donors (Lipinski definition) is 1. The Kier molecular flexibility index (Phi) is 7.31. The van der Waals surface area contributed by atoms with Crippen LogP contribution in [0.3, 0.4) is 0 Å². The van der Waals surface area contributed by atoms with E-state index in [9.17, 15) is 0 Å². The molecule has 0 saturated heterocycles. The number of rotatable bonds is 8. The fourth-order valence-corrected chi connectivity index (χ4v) is 2.23. The molecule has 0 bridgehead atoms. The second-order valence-electron chi connectivity index (χ2n) is 4.01. The second-order valence-corrected chi connectivity index (χ2v) is 4.86. The fraction of sp³-hybridized carbons (Fsp3) is 0.500. The van der Waals surface area contributed by atoms with Crippen LogP contribution in [0.2, 0.25) is 0 Å². The highest BCUT2D eigenvalue weighted by molar-refractivity contribution is 9.10. The van der Waals surface area contributed by atoms with Crippen LogP contribution in [0.25, 0.3) is 0 Å². The van der Waals surface area contributed by atoms with E-state index < -0.39 is 0 Å². The minimum Gasteiger partial charge on any atom is -0.490 e. The van der Waals surface area contributed by atoms with Crippen LogP contribution in [0.15, 0.2) is 16.6 Å². The van der Waals surface area contributed by atoms with E-state index in [4.69, 9.17) is 20.5 Å². The van der Waals surface area contributed by atoms with Crippen molar-refractivity contribution >= 4 is 15.9 Å². The quantitative estimate of drug-likeness (QED) is 0.743. The van der Waals surface area contributed by atoms with Crippen molar-refractivity contribution in [3.05, 3.63) is 22.2 Å². The second kappa shape index (κ2) is 8.78. The molecule has 1 aromatic carbocycles. The lowest BCUT2D eigenvalue weighted by Gasteiger charge is -2.15. The van der Waals surface area contributed by atoms with Crippen molar-refractivity contribution in [1.29, 1.82) is 5.26 Å². The summed E-state index contributed by atoms with van der Waals surface area (Å²) in [6.07, 6.45) is 2.26. The molecule has 1 aromatic rings. The average molecular weight is 327 g/mol. The maximum absolute atomic E-state index is 8.47. The van der Waals surface area contributed by atoms with Gasteiger partial charge in [0.1, 0.15) is 0 Å². The molecule has 2 N–H and O–H groups in total. The third-order valence-corrected chi connectivity index (χ3v) is 3.12. The van der Waals surface area contributed by atoms with Crippen molar-refractivity contribution in [2.24, 2.45) is 5.73 Å². The number of halogens is 1. The Balaban J connectivity index is 2.72. The minimum atomic E-state index is 0.459. The van der Waals surface area contributed by atoms with Crippen LogP contribution in [-0.2, 0) is 6.54 Å². The molecule has 1 rings (SSSR count). The largest absolute Gasteiger partial charge is 0.490 e. The lowest BCUT2D eigenvalue weighted by Crippen LogP contribution is -2.04. The summed E-state index contributed by atoms with van der Waals surface area (Å²) in [6, 6.07) is 5.96. The molecule has 104 valence electrons. The van der Waals surface area contributed by atoms with Gasteiger partial charge in [-0.1, -0.05) is 0 Å². The van der Waals surface area contributed by atoms with Crippen LogP contribution in [0.1, 0.15) is 31.7 Å². The van der Waals surface area contributed by atoms with Crippen molar-refractivity contribution in [3.8, 4) is 17.6 Å². The summed E-state index contributed by atoms with van der Waals surface area (Å²) in [5.74, 6) is 1.41. The summed E-state index contributed by atoms with van der Waals surface area (Å²) in [7, 11) is 0. The normalized spacial score (nSPS) is 10.0. The van der Waals surface area contributed by atoms with E-state index in [2.05, 4.69) is 22.0 Å². The molecule has 0 radical (unpaired) electrons. The Hall–Kier alpha value is -1.25. The molecule has 4 nitrogen and oxygen atoms in total. The first-order valence-electron chi connectivity index (χ1n) is 6.38. The van der Waals surface area contributed by atoms with Crippen LogP contribution in [-0.4, -0.2) is 13.2 Å². The molecule has 5 heteroatoms. The highest BCUT2D eigenvalue weighted by atomic mass is 79.9. The third kappa shape index (κ3) is 5.09. The summed E-state index contributed by atoms with van der Waals surface area (Å²) in [5.41, 5.74) is 6.63. The van der Waals surface area contributed by atoms with E-state index >= 15 is 0 Å². The van der Waals surface area contributed by atoms with Gasteiger partial charge in [0, 0.05) is 13.0 Å². The monoisotopic (exact) mass is 326 g/mol. The van der Waals surface area contributed by atoms with Crippen LogP contribution >= 0.6 is 15.9 Å². The molecule has 0 aromatic heterocycles. The average Bonchev–Trinajstić information content (AvgIpc) is 2.41. The van der Waals surface area contributed by atoms with Gasteiger partial charge in [-0.2, -0.15) is 5.26 Å². The molecular weight excluding hydrogens is 308 g/mol. The summed E-state index contributed by atoms with van der Waals surface area (Å²) < 4.78 is 12.2. The predicted octanol–water partition coefficient (Wildman–Crippen LogP) is 3.38. The molecule has 0 aliphatic heterocycles.